The summed E-state index contributed by atoms with van der Waals surface area (Å²) in [5, 5.41) is 38.4. The summed E-state index contributed by atoms with van der Waals surface area (Å²) in [6, 6.07) is 31.3. The van der Waals surface area contributed by atoms with Crippen molar-refractivity contribution < 1.29 is 48.1 Å². The van der Waals surface area contributed by atoms with Crippen LogP contribution >= 0.6 is 0 Å². The zero-order valence-electron chi connectivity index (χ0n) is 39.9. The molecule has 0 spiro atoms. The van der Waals surface area contributed by atoms with Gasteiger partial charge in [-0.3, -0.25) is 15.0 Å². The van der Waals surface area contributed by atoms with Crippen LogP contribution in [-0.2, 0) is 34.1 Å². The molecule has 6 unspecified atom stereocenters. The van der Waals surface area contributed by atoms with Gasteiger partial charge >= 0.3 is 6.09 Å². The van der Waals surface area contributed by atoms with Crippen LogP contribution in [0.2, 0.25) is 0 Å². The number of aliphatic hydroxyl groups is 2. The second kappa shape index (κ2) is 23.8. The minimum Gasteiger partial charge on any atom is -0.489 e. The van der Waals surface area contributed by atoms with Crippen LogP contribution in [0.1, 0.15) is 79.5 Å². The number of benzene rings is 5. The molecule has 0 saturated heterocycles. The lowest BCUT2D eigenvalue weighted by Crippen LogP contribution is -2.70. The third-order valence-electron chi connectivity index (χ3n) is 13.9. The quantitative estimate of drug-likeness (QED) is 0.0263. The van der Waals surface area contributed by atoms with Crippen LogP contribution in [0.5, 0.6) is 11.5 Å². The van der Waals surface area contributed by atoms with Gasteiger partial charge in [-0.05, 0) is 108 Å². The molecule has 1 saturated carbocycles. The normalized spacial score (nSPS) is 21.5. The fourth-order valence-corrected chi connectivity index (χ4v) is 10.6. The van der Waals surface area contributed by atoms with E-state index in [2.05, 4.69) is 19.2 Å². The van der Waals surface area contributed by atoms with E-state index in [1.54, 1.807) is 53.5 Å². The maximum Gasteiger partial charge on any atom is 0.410 e. The first-order valence-electron chi connectivity index (χ1n) is 24.5. The van der Waals surface area contributed by atoms with Crippen molar-refractivity contribution in [3.8, 4) is 11.5 Å². The monoisotopic (exact) mass is 967 g/mol. The van der Waals surface area contributed by atoms with Gasteiger partial charge in [-0.2, -0.15) is 0 Å². The Hall–Kier alpha value is -6.87. The predicted molar refractivity (Wildman–Crippen MR) is 269 cm³/mol. The summed E-state index contributed by atoms with van der Waals surface area (Å²) in [7, 11) is 0. The van der Waals surface area contributed by atoms with E-state index in [0.717, 1.165) is 46.7 Å². The number of halogens is 1. The molecule has 0 radical (unpaired) electrons. The predicted octanol–water partition coefficient (Wildman–Crippen LogP) is 11.5. The highest BCUT2D eigenvalue weighted by molar-refractivity contribution is 6.03. The molecule has 13 nitrogen and oxygen atoms in total. The number of rotatable bonds is 24. The summed E-state index contributed by atoms with van der Waals surface area (Å²) in [6.45, 7) is 8.21. The lowest BCUT2D eigenvalue weighted by molar-refractivity contribution is -0.384. The van der Waals surface area contributed by atoms with E-state index in [1.165, 1.54) is 18.2 Å². The summed E-state index contributed by atoms with van der Waals surface area (Å²) >= 11 is 0. The molecule has 2 N–H and O–H groups in total. The van der Waals surface area contributed by atoms with Gasteiger partial charge in [0.2, 0.25) is 5.79 Å². The van der Waals surface area contributed by atoms with Crippen LogP contribution in [0.3, 0.4) is 0 Å². The summed E-state index contributed by atoms with van der Waals surface area (Å²) < 4.78 is 42.0. The molecule has 3 aliphatic rings. The Labute approximate surface area is 414 Å². The van der Waals surface area contributed by atoms with Crippen molar-refractivity contribution in [3.05, 3.63) is 184 Å². The highest BCUT2D eigenvalue weighted by Gasteiger charge is 2.65. The number of aliphatic hydroxyl groups excluding tert-OH is 2. The Morgan fingerprint density at radius 2 is 1.65 bits per heavy atom. The van der Waals surface area contributed by atoms with Gasteiger partial charge in [0.25, 0.3) is 5.69 Å². The van der Waals surface area contributed by atoms with Crippen LogP contribution in [-0.4, -0.2) is 70.1 Å². The lowest BCUT2D eigenvalue weighted by Gasteiger charge is -2.60. The van der Waals surface area contributed by atoms with Crippen molar-refractivity contribution >= 4 is 28.3 Å². The lowest BCUT2D eigenvalue weighted by atomic mass is 9.55. The maximum atomic E-state index is 15.0. The molecule has 372 valence electrons. The average Bonchev–Trinajstić information content (AvgIpc) is 3.38. The largest absolute Gasteiger partial charge is 0.489 e. The van der Waals surface area contributed by atoms with Gasteiger partial charge in [-0.25, -0.2) is 9.18 Å². The second-order valence-electron chi connectivity index (χ2n) is 18.3. The minimum atomic E-state index is -1.59. The Morgan fingerprint density at radius 3 is 2.41 bits per heavy atom. The van der Waals surface area contributed by atoms with E-state index < -0.39 is 28.8 Å². The Bertz CT molecular complexity index is 2720. The minimum absolute atomic E-state index is 0.000706. The number of oxime groups is 1. The number of carbonyl (C=O) groups excluding carboxylic acids is 1. The van der Waals surface area contributed by atoms with E-state index in [0.29, 0.717) is 54.0 Å². The van der Waals surface area contributed by atoms with Crippen molar-refractivity contribution in [2.45, 2.75) is 88.9 Å². The van der Waals surface area contributed by atoms with E-state index in [4.69, 9.17) is 28.9 Å². The molecule has 71 heavy (non-hydrogen) atoms. The van der Waals surface area contributed by atoms with Gasteiger partial charge in [0.05, 0.1) is 36.3 Å². The highest BCUT2D eigenvalue weighted by Crippen LogP contribution is 2.62. The van der Waals surface area contributed by atoms with Crippen LogP contribution < -0.4 is 9.47 Å². The van der Waals surface area contributed by atoms with Gasteiger partial charge in [0.15, 0.2) is 0 Å². The molecule has 0 bridgehead atoms. The molecule has 14 heteroatoms. The first-order valence-corrected chi connectivity index (χ1v) is 24.5. The number of fused-ring (bicyclic) bond motifs is 3. The standard InChI is InChI=1S/C57H62FN3O10/c1-3-5-32-67-56(64)60(36-42-19-14-18-40-15-6-8-20-46(40)42)53-35-51(59-70-37-39-23-25-44(26-24-39)61(65)66)48-33-41(16-10-12-29-62)47(21-11-13-30-63)54-49-34-45(68-38-43-17-7-9-22-50(43)58)27-28-52(49)71-57(53,55(48)54)69-31-4-2/h3-4,6-9,14-15,17-20,22-28,33-34,41,47,53-55,62-63H,1-2,5,10-13,16,21,29-32,35-38H2. The molecule has 0 aromatic heterocycles. The van der Waals surface area contributed by atoms with Gasteiger partial charge < -0.3 is 34.0 Å². The van der Waals surface area contributed by atoms with E-state index in [9.17, 15) is 24.7 Å². The number of nitro groups is 1. The molecule has 2 aliphatic carbocycles. The van der Waals surface area contributed by atoms with Gasteiger partial charge in [-0.15, -0.1) is 13.2 Å². The Balaban J connectivity index is 1.33. The van der Waals surface area contributed by atoms with Crippen molar-refractivity contribution in [1.82, 2.24) is 4.90 Å². The van der Waals surface area contributed by atoms with Crippen LogP contribution in [0.15, 0.2) is 151 Å². The summed E-state index contributed by atoms with van der Waals surface area (Å²) in [5.41, 5.74) is 4.12. The molecular weight excluding hydrogens is 906 g/mol. The summed E-state index contributed by atoms with van der Waals surface area (Å²) in [5.74, 6) is -2.04. The molecule has 1 aliphatic heterocycles. The summed E-state index contributed by atoms with van der Waals surface area (Å²) in [4.78, 5) is 34.0. The molecular formula is C57H62FN3O10. The van der Waals surface area contributed by atoms with Crippen molar-refractivity contribution in [1.29, 1.82) is 0 Å². The molecule has 5 aromatic carbocycles. The number of hydrogen-bond donors (Lipinski definition) is 2. The smallest absolute Gasteiger partial charge is 0.410 e. The molecule has 1 amide bonds. The first kappa shape index (κ1) is 50.5. The fraction of sp³-hybridized carbons (Fsp3) is 0.368. The summed E-state index contributed by atoms with van der Waals surface area (Å²) in [6.07, 6.45) is 9.65. The number of allylic oxidation sites excluding steroid dienone is 1. The third kappa shape index (κ3) is 11.4. The Kier molecular flexibility index (Phi) is 17.0. The average molecular weight is 968 g/mol. The number of ether oxygens (including phenoxy) is 4. The highest BCUT2D eigenvalue weighted by atomic mass is 19.1. The van der Waals surface area contributed by atoms with Crippen molar-refractivity contribution in [3.63, 3.8) is 0 Å². The number of non-ortho nitro benzene ring substituents is 1. The SMILES string of the molecule is C=CCCOC(=O)N(Cc1cccc2ccccc12)C1CC(=NOCc2ccc([N+](=O)[O-])cc2)C2=CC(CCCCO)C(CCCCO)C3c4cc(OCc5ccccc5F)ccc4OC1(OCC=C)C23. The fourth-order valence-electron chi connectivity index (χ4n) is 10.6. The van der Waals surface area contributed by atoms with Crippen LogP contribution in [0.25, 0.3) is 10.8 Å². The first-order chi connectivity index (χ1) is 34.7. The van der Waals surface area contributed by atoms with Gasteiger partial charge in [0.1, 0.15) is 36.6 Å². The second-order valence-corrected chi connectivity index (χ2v) is 18.3. The number of nitro benzene ring substituents is 1. The topological polar surface area (TPSA) is 162 Å². The molecule has 8 rings (SSSR count). The van der Waals surface area contributed by atoms with E-state index in [-0.39, 0.29) is 81.9 Å². The third-order valence-corrected chi connectivity index (χ3v) is 13.9. The van der Waals surface area contributed by atoms with Crippen LogP contribution in [0, 0.1) is 33.7 Å². The zero-order chi connectivity index (χ0) is 49.7. The van der Waals surface area contributed by atoms with Gasteiger partial charge in [0, 0.05) is 48.8 Å². The van der Waals surface area contributed by atoms with Crippen molar-refractivity contribution in [2.75, 3.05) is 26.4 Å². The molecule has 1 fully saturated rings. The van der Waals surface area contributed by atoms with E-state index in [1.807, 2.05) is 54.6 Å². The number of nitrogens with zero attached hydrogens (tertiary/aromatic N) is 3. The van der Waals surface area contributed by atoms with Crippen molar-refractivity contribution in [2.24, 2.45) is 22.9 Å². The Morgan fingerprint density at radius 1 is 0.901 bits per heavy atom. The van der Waals surface area contributed by atoms with E-state index >= 15 is 4.79 Å². The number of unbranched alkanes of at least 4 members (excludes halogenated alkanes) is 2. The van der Waals surface area contributed by atoms with Crippen LogP contribution in [0.4, 0.5) is 14.9 Å². The number of carbonyl (C=O) groups is 1. The van der Waals surface area contributed by atoms with Gasteiger partial charge in [-0.1, -0.05) is 96.9 Å². The number of amides is 1. The number of hydrogen-bond acceptors (Lipinski definition) is 11. The molecule has 6 atom stereocenters. The molecule has 1 heterocycles. The maximum absolute atomic E-state index is 15.0. The molecule has 5 aromatic rings. The zero-order valence-corrected chi connectivity index (χ0v) is 39.9.